The van der Waals surface area contributed by atoms with E-state index in [2.05, 4.69) is 15.3 Å². The summed E-state index contributed by atoms with van der Waals surface area (Å²) in [6, 6.07) is 9.54. The monoisotopic (exact) mass is 258 g/mol. The molecule has 5 heteroatoms. The van der Waals surface area contributed by atoms with Gasteiger partial charge in [0.25, 0.3) is 0 Å². The van der Waals surface area contributed by atoms with Crippen LogP contribution in [-0.4, -0.2) is 16.6 Å². The Labute approximate surface area is 112 Å². The summed E-state index contributed by atoms with van der Waals surface area (Å²) in [5.41, 5.74) is 7.61. The van der Waals surface area contributed by atoms with Gasteiger partial charge in [0.2, 0.25) is 5.88 Å². The van der Waals surface area contributed by atoms with Gasteiger partial charge in [0.15, 0.2) is 0 Å². The number of nitrogens with zero attached hydrogens (tertiary/aromatic N) is 2. The van der Waals surface area contributed by atoms with Crippen molar-refractivity contribution in [2.24, 2.45) is 0 Å². The predicted octanol–water partition coefficient (Wildman–Crippen LogP) is 2.38. The standard InChI is InChI=1S/C14H18N4O/c1-3-19-14-8-13(17-10(2)18-14)16-9-11-5-4-6-12(15)7-11/h4-8H,3,9,15H2,1-2H3,(H,16,17,18). The van der Waals surface area contributed by atoms with Crippen molar-refractivity contribution in [1.29, 1.82) is 0 Å². The highest BCUT2D eigenvalue weighted by Gasteiger charge is 2.02. The summed E-state index contributed by atoms with van der Waals surface area (Å²) in [6.45, 7) is 5.02. The Hall–Kier alpha value is -2.30. The lowest BCUT2D eigenvalue weighted by atomic mass is 10.2. The summed E-state index contributed by atoms with van der Waals surface area (Å²) in [7, 11) is 0. The van der Waals surface area contributed by atoms with Crippen LogP contribution in [0.2, 0.25) is 0 Å². The first-order valence-corrected chi connectivity index (χ1v) is 6.24. The Bertz CT molecular complexity index is 557. The lowest BCUT2D eigenvalue weighted by Crippen LogP contribution is -2.05. The van der Waals surface area contributed by atoms with Crippen molar-refractivity contribution in [2.75, 3.05) is 17.7 Å². The Balaban J connectivity index is 2.06. The van der Waals surface area contributed by atoms with Crippen LogP contribution < -0.4 is 15.8 Å². The molecule has 0 aliphatic heterocycles. The van der Waals surface area contributed by atoms with Crippen LogP contribution in [0.25, 0.3) is 0 Å². The number of ether oxygens (including phenoxy) is 1. The molecule has 2 rings (SSSR count). The third kappa shape index (κ3) is 3.84. The van der Waals surface area contributed by atoms with Crippen molar-refractivity contribution in [1.82, 2.24) is 9.97 Å². The molecule has 0 unspecified atom stereocenters. The van der Waals surface area contributed by atoms with E-state index in [4.69, 9.17) is 10.5 Å². The van der Waals surface area contributed by atoms with Gasteiger partial charge < -0.3 is 15.8 Å². The number of hydrogen-bond donors (Lipinski definition) is 2. The van der Waals surface area contributed by atoms with Gasteiger partial charge in [-0.25, -0.2) is 4.98 Å². The van der Waals surface area contributed by atoms with Crippen LogP contribution in [0.5, 0.6) is 5.88 Å². The summed E-state index contributed by atoms with van der Waals surface area (Å²) in [6.07, 6.45) is 0. The second kappa shape index (κ2) is 6.04. The summed E-state index contributed by atoms with van der Waals surface area (Å²) in [5, 5.41) is 3.24. The van der Waals surface area contributed by atoms with Crippen LogP contribution in [0, 0.1) is 6.92 Å². The lowest BCUT2D eigenvalue weighted by molar-refractivity contribution is 0.325. The molecule has 2 aromatic rings. The molecule has 0 radical (unpaired) electrons. The van der Waals surface area contributed by atoms with Gasteiger partial charge in [-0.1, -0.05) is 12.1 Å². The van der Waals surface area contributed by atoms with Crippen LogP contribution in [0.3, 0.4) is 0 Å². The summed E-state index contributed by atoms with van der Waals surface area (Å²) >= 11 is 0. The Kier molecular flexibility index (Phi) is 4.18. The van der Waals surface area contributed by atoms with Crippen molar-refractivity contribution in [2.45, 2.75) is 20.4 Å². The van der Waals surface area contributed by atoms with Crippen molar-refractivity contribution in [3.05, 3.63) is 41.7 Å². The van der Waals surface area contributed by atoms with Crippen molar-refractivity contribution in [3.63, 3.8) is 0 Å². The van der Waals surface area contributed by atoms with E-state index in [0.717, 1.165) is 17.1 Å². The second-order valence-electron chi connectivity index (χ2n) is 4.17. The van der Waals surface area contributed by atoms with E-state index in [1.54, 1.807) is 6.07 Å². The smallest absolute Gasteiger partial charge is 0.218 e. The minimum atomic E-state index is 0.588. The Morgan fingerprint density at radius 1 is 1.26 bits per heavy atom. The van der Waals surface area contributed by atoms with E-state index in [1.165, 1.54) is 0 Å². The van der Waals surface area contributed by atoms with Crippen molar-refractivity contribution < 1.29 is 4.74 Å². The van der Waals surface area contributed by atoms with Crippen molar-refractivity contribution in [3.8, 4) is 5.88 Å². The first-order chi connectivity index (χ1) is 9.17. The predicted molar refractivity (Wildman–Crippen MR) is 76.1 cm³/mol. The zero-order valence-electron chi connectivity index (χ0n) is 11.2. The number of benzene rings is 1. The second-order valence-corrected chi connectivity index (χ2v) is 4.17. The van der Waals surface area contributed by atoms with E-state index in [-0.39, 0.29) is 0 Å². The van der Waals surface area contributed by atoms with Crippen LogP contribution in [0.15, 0.2) is 30.3 Å². The van der Waals surface area contributed by atoms with Gasteiger partial charge in [-0.05, 0) is 31.5 Å². The number of rotatable bonds is 5. The third-order valence-corrected chi connectivity index (χ3v) is 2.53. The van der Waals surface area contributed by atoms with Gasteiger partial charge in [0.1, 0.15) is 11.6 Å². The molecule has 0 spiro atoms. The molecule has 0 fully saturated rings. The maximum absolute atomic E-state index is 5.74. The van der Waals surface area contributed by atoms with E-state index >= 15 is 0 Å². The molecule has 19 heavy (non-hydrogen) atoms. The van der Waals surface area contributed by atoms with E-state index in [1.807, 2.05) is 38.1 Å². The minimum Gasteiger partial charge on any atom is -0.478 e. The average Bonchev–Trinajstić information content (AvgIpc) is 2.36. The zero-order chi connectivity index (χ0) is 13.7. The van der Waals surface area contributed by atoms with Crippen LogP contribution >= 0.6 is 0 Å². The molecule has 0 aliphatic carbocycles. The lowest BCUT2D eigenvalue weighted by Gasteiger charge is -2.09. The van der Waals surface area contributed by atoms with Gasteiger partial charge in [-0.15, -0.1) is 0 Å². The largest absolute Gasteiger partial charge is 0.478 e. The Morgan fingerprint density at radius 3 is 2.84 bits per heavy atom. The molecule has 0 aliphatic rings. The van der Waals surface area contributed by atoms with Gasteiger partial charge in [-0.2, -0.15) is 4.98 Å². The molecule has 3 N–H and O–H groups in total. The zero-order valence-corrected chi connectivity index (χ0v) is 11.2. The highest BCUT2D eigenvalue weighted by molar-refractivity contribution is 5.43. The summed E-state index contributed by atoms with van der Waals surface area (Å²) in [5.74, 6) is 2.02. The van der Waals surface area contributed by atoms with E-state index in [0.29, 0.717) is 24.9 Å². The van der Waals surface area contributed by atoms with Crippen molar-refractivity contribution >= 4 is 11.5 Å². The highest BCUT2D eigenvalue weighted by Crippen LogP contribution is 2.15. The molecule has 1 aromatic heterocycles. The number of nitrogens with one attached hydrogen (secondary N) is 1. The first kappa shape index (κ1) is 13.1. The number of aromatic nitrogens is 2. The molecule has 0 saturated carbocycles. The molecule has 0 bridgehead atoms. The van der Waals surface area contributed by atoms with E-state index < -0.39 is 0 Å². The third-order valence-electron chi connectivity index (χ3n) is 2.53. The SMILES string of the molecule is CCOc1cc(NCc2cccc(N)c2)nc(C)n1. The van der Waals surface area contributed by atoms with Gasteiger partial charge >= 0.3 is 0 Å². The van der Waals surface area contributed by atoms with E-state index in [9.17, 15) is 0 Å². The minimum absolute atomic E-state index is 0.588. The van der Waals surface area contributed by atoms with Gasteiger partial charge in [0.05, 0.1) is 6.61 Å². The number of nitrogens with two attached hydrogens (primary N) is 1. The van der Waals surface area contributed by atoms with Crippen LogP contribution in [-0.2, 0) is 6.54 Å². The number of nitrogen functional groups attached to an aromatic ring is 1. The van der Waals surface area contributed by atoms with Crippen LogP contribution in [0.1, 0.15) is 18.3 Å². The first-order valence-electron chi connectivity index (χ1n) is 6.24. The average molecular weight is 258 g/mol. The summed E-state index contributed by atoms with van der Waals surface area (Å²) < 4.78 is 5.39. The maximum atomic E-state index is 5.74. The van der Waals surface area contributed by atoms with Gasteiger partial charge in [0, 0.05) is 18.3 Å². The number of aryl methyl sites for hydroxylation is 1. The summed E-state index contributed by atoms with van der Waals surface area (Å²) in [4.78, 5) is 8.52. The topological polar surface area (TPSA) is 73.1 Å². The fourth-order valence-corrected chi connectivity index (χ4v) is 1.75. The Morgan fingerprint density at radius 2 is 2.11 bits per heavy atom. The normalized spacial score (nSPS) is 10.2. The molecule has 100 valence electrons. The fraction of sp³-hybridized carbons (Fsp3) is 0.286. The molecule has 1 heterocycles. The molecule has 0 amide bonds. The molecule has 1 aromatic carbocycles. The molecule has 0 atom stereocenters. The molecular weight excluding hydrogens is 240 g/mol. The molecule has 0 saturated heterocycles. The van der Waals surface area contributed by atoms with Gasteiger partial charge in [-0.3, -0.25) is 0 Å². The molecule has 5 nitrogen and oxygen atoms in total. The molecular formula is C14H18N4O. The quantitative estimate of drug-likeness (QED) is 0.805. The number of anilines is 2. The highest BCUT2D eigenvalue weighted by atomic mass is 16.5. The number of hydrogen-bond acceptors (Lipinski definition) is 5. The fourth-order valence-electron chi connectivity index (χ4n) is 1.75. The maximum Gasteiger partial charge on any atom is 0.218 e. The van der Waals surface area contributed by atoms with Crippen LogP contribution in [0.4, 0.5) is 11.5 Å².